The molecule has 0 bridgehead atoms. The molecule has 4 aromatic rings. The van der Waals surface area contributed by atoms with E-state index in [4.69, 9.17) is 16.6 Å². The van der Waals surface area contributed by atoms with Crippen LogP contribution >= 0.6 is 34.7 Å². The minimum Gasteiger partial charge on any atom is -0.268 e. The van der Waals surface area contributed by atoms with Crippen molar-refractivity contribution in [2.45, 2.75) is 37.1 Å². The summed E-state index contributed by atoms with van der Waals surface area (Å²) in [6.07, 6.45) is 3.16. The van der Waals surface area contributed by atoms with Gasteiger partial charge in [-0.3, -0.25) is 9.36 Å². The lowest BCUT2D eigenvalue weighted by Crippen LogP contribution is -2.21. The number of halogens is 1. The zero-order valence-electron chi connectivity index (χ0n) is 15.9. The molecule has 0 saturated carbocycles. The Bertz CT molecular complexity index is 1270. The summed E-state index contributed by atoms with van der Waals surface area (Å²) in [5.41, 5.74) is 4.54. The van der Waals surface area contributed by atoms with Crippen molar-refractivity contribution in [1.29, 1.82) is 0 Å². The van der Waals surface area contributed by atoms with Crippen molar-refractivity contribution in [3.05, 3.63) is 85.5 Å². The van der Waals surface area contributed by atoms with Gasteiger partial charge >= 0.3 is 0 Å². The van der Waals surface area contributed by atoms with Crippen LogP contribution < -0.4 is 5.56 Å². The van der Waals surface area contributed by atoms with E-state index >= 15 is 0 Å². The molecule has 0 aliphatic heterocycles. The fourth-order valence-corrected chi connectivity index (χ4v) is 6.37. The number of nitrogens with zero attached hydrogens (tertiary/aromatic N) is 2. The van der Waals surface area contributed by atoms with Crippen molar-refractivity contribution in [2.24, 2.45) is 0 Å². The second-order valence-electron chi connectivity index (χ2n) is 7.26. The van der Waals surface area contributed by atoms with Gasteiger partial charge in [-0.15, -0.1) is 11.3 Å². The van der Waals surface area contributed by atoms with E-state index in [9.17, 15) is 4.79 Å². The van der Waals surface area contributed by atoms with Crippen molar-refractivity contribution < 1.29 is 0 Å². The zero-order valence-corrected chi connectivity index (χ0v) is 18.3. The molecular formula is C23H19ClN2OS2. The van der Waals surface area contributed by atoms with Gasteiger partial charge in [-0.05, 0) is 67.1 Å². The smallest absolute Gasteiger partial charge is 0.267 e. The number of aromatic nitrogens is 2. The fourth-order valence-electron chi connectivity index (χ4n) is 3.85. The number of aryl methyl sites for hydroxylation is 3. The van der Waals surface area contributed by atoms with Crippen molar-refractivity contribution in [1.82, 2.24) is 9.55 Å². The molecule has 1 aliphatic carbocycles. The third kappa shape index (κ3) is 3.41. The topological polar surface area (TPSA) is 34.9 Å². The van der Waals surface area contributed by atoms with E-state index in [0.717, 1.165) is 46.1 Å². The Labute approximate surface area is 182 Å². The predicted molar refractivity (Wildman–Crippen MR) is 123 cm³/mol. The Morgan fingerprint density at radius 1 is 1.14 bits per heavy atom. The Morgan fingerprint density at radius 2 is 1.93 bits per heavy atom. The number of hydrogen-bond acceptors (Lipinski definition) is 4. The summed E-state index contributed by atoms with van der Waals surface area (Å²) in [7, 11) is 0. The summed E-state index contributed by atoms with van der Waals surface area (Å²) in [6, 6.07) is 15.8. The van der Waals surface area contributed by atoms with E-state index in [-0.39, 0.29) is 5.56 Å². The third-order valence-electron chi connectivity index (χ3n) is 5.41. The van der Waals surface area contributed by atoms with Gasteiger partial charge in [0.2, 0.25) is 0 Å². The highest BCUT2D eigenvalue weighted by atomic mass is 35.5. The molecule has 0 amide bonds. The van der Waals surface area contributed by atoms with E-state index in [0.29, 0.717) is 5.02 Å². The highest BCUT2D eigenvalue weighted by Gasteiger charge is 2.24. The average molecular weight is 439 g/mol. The molecule has 0 spiro atoms. The molecular weight excluding hydrogens is 420 g/mol. The summed E-state index contributed by atoms with van der Waals surface area (Å²) in [6.45, 7) is 2.11. The first-order chi connectivity index (χ1) is 14.1. The molecule has 0 atom stereocenters. The van der Waals surface area contributed by atoms with E-state index in [1.54, 1.807) is 27.7 Å². The molecule has 6 heteroatoms. The van der Waals surface area contributed by atoms with Crippen molar-refractivity contribution in [3.8, 4) is 5.69 Å². The maximum Gasteiger partial charge on any atom is 0.267 e. The first kappa shape index (κ1) is 18.9. The first-order valence-corrected chi connectivity index (χ1v) is 11.8. The summed E-state index contributed by atoms with van der Waals surface area (Å²) >= 11 is 9.38. The number of rotatable bonds is 4. The number of benzene rings is 2. The largest absolute Gasteiger partial charge is 0.268 e. The first-order valence-electron chi connectivity index (χ1n) is 9.62. The molecule has 2 aromatic carbocycles. The van der Waals surface area contributed by atoms with Crippen LogP contribution in [0.15, 0.2) is 58.5 Å². The van der Waals surface area contributed by atoms with Crippen LogP contribution in [-0.2, 0) is 18.6 Å². The molecule has 3 nitrogen and oxygen atoms in total. The molecule has 1 aliphatic rings. The van der Waals surface area contributed by atoms with E-state index in [1.165, 1.54) is 21.6 Å². The van der Waals surface area contributed by atoms with Gasteiger partial charge in [0, 0.05) is 15.7 Å². The minimum absolute atomic E-state index is 0.0315. The number of thioether (sulfide) groups is 1. The quantitative estimate of drug-likeness (QED) is 0.281. The van der Waals surface area contributed by atoms with Crippen LogP contribution in [0.4, 0.5) is 0 Å². The maximum atomic E-state index is 13.6. The molecule has 2 aromatic heterocycles. The molecule has 0 saturated heterocycles. The van der Waals surface area contributed by atoms with Crippen molar-refractivity contribution in [2.75, 3.05) is 0 Å². The standard InChI is InChI=1S/C23H19ClN2OS2/c1-14-5-2-3-6-15(14)13-28-23-25-21-20(18-7-4-8-19(18)29-21)22(27)26(23)17-11-9-16(24)10-12-17/h2-3,5-6,9-12H,4,7-8,13H2,1H3. The SMILES string of the molecule is Cc1ccccc1CSc1nc2sc3c(c2c(=O)n1-c1ccc(Cl)cc1)CCC3. The van der Waals surface area contributed by atoms with Gasteiger partial charge in [-0.25, -0.2) is 4.98 Å². The fraction of sp³-hybridized carbons (Fsp3) is 0.217. The summed E-state index contributed by atoms with van der Waals surface area (Å²) in [4.78, 5) is 20.8. The maximum absolute atomic E-state index is 13.6. The van der Waals surface area contributed by atoms with E-state index < -0.39 is 0 Å². The Hall–Kier alpha value is -2.08. The summed E-state index contributed by atoms with van der Waals surface area (Å²) < 4.78 is 1.76. The second kappa shape index (κ2) is 7.63. The van der Waals surface area contributed by atoms with Crippen molar-refractivity contribution >= 4 is 44.9 Å². The van der Waals surface area contributed by atoms with Crippen LogP contribution in [0.25, 0.3) is 15.9 Å². The molecule has 146 valence electrons. The highest BCUT2D eigenvalue weighted by molar-refractivity contribution is 7.98. The van der Waals surface area contributed by atoms with Gasteiger partial charge in [0.15, 0.2) is 5.16 Å². The monoisotopic (exact) mass is 438 g/mol. The van der Waals surface area contributed by atoms with E-state index in [1.807, 2.05) is 30.3 Å². The molecule has 0 unspecified atom stereocenters. The van der Waals surface area contributed by atoms with Gasteiger partial charge in [-0.2, -0.15) is 0 Å². The highest BCUT2D eigenvalue weighted by Crippen LogP contribution is 2.36. The third-order valence-corrected chi connectivity index (χ3v) is 7.84. The van der Waals surface area contributed by atoms with E-state index in [2.05, 4.69) is 25.1 Å². The Balaban J connectivity index is 1.67. The Morgan fingerprint density at radius 3 is 2.72 bits per heavy atom. The van der Waals surface area contributed by atoms with Crippen molar-refractivity contribution in [3.63, 3.8) is 0 Å². The predicted octanol–water partition coefficient (Wildman–Crippen LogP) is 6.19. The summed E-state index contributed by atoms with van der Waals surface area (Å²) in [5, 5.41) is 2.19. The lowest BCUT2D eigenvalue weighted by molar-refractivity contribution is 0.820. The van der Waals surface area contributed by atoms with Gasteiger partial charge < -0.3 is 0 Å². The number of hydrogen-bond donors (Lipinski definition) is 0. The second-order valence-corrected chi connectivity index (χ2v) is 9.73. The Kier molecular flexibility index (Phi) is 4.98. The lowest BCUT2D eigenvalue weighted by atomic mass is 10.1. The minimum atomic E-state index is 0.0315. The van der Waals surface area contributed by atoms with Gasteiger partial charge in [0.25, 0.3) is 5.56 Å². The molecule has 29 heavy (non-hydrogen) atoms. The molecule has 0 N–H and O–H groups in total. The zero-order chi connectivity index (χ0) is 20.0. The molecule has 2 heterocycles. The van der Waals surface area contributed by atoms with Crippen LogP contribution in [0.2, 0.25) is 5.02 Å². The normalized spacial score (nSPS) is 13.2. The lowest BCUT2D eigenvalue weighted by Gasteiger charge is -2.13. The van der Waals surface area contributed by atoms with Crippen LogP contribution in [0.5, 0.6) is 0 Å². The van der Waals surface area contributed by atoms with Crippen LogP contribution in [0.3, 0.4) is 0 Å². The van der Waals surface area contributed by atoms with Crippen LogP contribution in [0.1, 0.15) is 28.0 Å². The van der Waals surface area contributed by atoms with Crippen LogP contribution in [-0.4, -0.2) is 9.55 Å². The average Bonchev–Trinajstić information content (AvgIpc) is 3.29. The van der Waals surface area contributed by atoms with Gasteiger partial charge in [-0.1, -0.05) is 47.6 Å². The van der Waals surface area contributed by atoms with Gasteiger partial charge in [0.1, 0.15) is 4.83 Å². The van der Waals surface area contributed by atoms with Crippen LogP contribution in [0, 0.1) is 6.92 Å². The summed E-state index contributed by atoms with van der Waals surface area (Å²) in [5.74, 6) is 0.767. The number of fused-ring (bicyclic) bond motifs is 3. The number of thiophene rings is 1. The van der Waals surface area contributed by atoms with Gasteiger partial charge in [0.05, 0.1) is 11.1 Å². The molecule has 5 rings (SSSR count). The molecule has 0 fully saturated rings. The molecule has 0 radical (unpaired) electrons.